The lowest BCUT2D eigenvalue weighted by molar-refractivity contribution is 0.112. The molecule has 1 aliphatic carbocycles. The molecule has 0 aromatic carbocycles. The number of hydrogen-bond donors (Lipinski definition) is 5. The number of nitrogens with two attached hydrogens (primary N) is 2. The highest BCUT2D eigenvalue weighted by Gasteiger charge is 2.14. The average molecular weight is 204 g/mol. The van der Waals surface area contributed by atoms with Crippen LogP contribution in [0.5, 0.6) is 0 Å². The second-order valence-electron chi connectivity index (χ2n) is 3.53. The van der Waals surface area contributed by atoms with Gasteiger partial charge in [-0.3, -0.25) is 10.9 Å². The molecule has 0 bridgehead atoms. The molecule has 2 amide bonds. The Morgan fingerprint density at radius 1 is 1.21 bits per heavy atom. The molecule has 0 saturated heterocycles. The average Bonchev–Trinajstić information content (AvgIpc) is 2.22. The maximum Gasteiger partial charge on any atom is 0.343 e. The molecule has 0 aromatic rings. The van der Waals surface area contributed by atoms with E-state index < -0.39 is 6.03 Å². The second-order valence-corrected chi connectivity index (χ2v) is 3.53. The molecule has 6 heteroatoms. The van der Waals surface area contributed by atoms with Crippen LogP contribution in [-0.2, 0) is 0 Å². The van der Waals surface area contributed by atoms with Gasteiger partial charge in [-0.1, -0.05) is 6.92 Å². The Balaban J connectivity index is 0.000000255. The van der Waals surface area contributed by atoms with Gasteiger partial charge in [0.15, 0.2) is 0 Å². The summed E-state index contributed by atoms with van der Waals surface area (Å²) in [5.41, 5.74) is 3.48. The van der Waals surface area contributed by atoms with E-state index in [1.165, 1.54) is 12.8 Å². The molecule has 0 atom stereocenters. The van der Waals surface area contributed by atoms with Crippen LogP contribution >= 0.6 is 0 Å². The van der Waals surface area contributed by atoms with Gasteiger partial charge in [0, 0.05) is 0 Å². The molecule has 1 saturated carbocycles. The van der Waals surface area contributed by atoms with Gasteiger partial charge in [0.1, 0.15) is 0 Å². The van der Waals surface area contributed by atoms with Gasteiger partial charge in [0.05, 0.1) is 6.10 Å². The van der Waals surface area contributed by atoms with Crippen LogP contribution < -0.4 is 22.5 Å². The standard InChI is InChI=1S/C7H14O.CH6N4O/c1-6-2-4-7(8)5-3-6;2-4-1(6)5-3/h6-8H,2-5H2,1H3;2-3H2,(H2,4,5,6). The van der Waals surface area contributed by atoms with Crippen LogP contribution in [0.3, 0.4) is 0 Å². The molecule has 0 aliphatic heterocycles. The lowest BCUT2D eigenvalue weighted by Gasteiger charge is -2.21. The third-order valence-electron chi connectivity index (χ3n) is 2.25. The number of carbonyl (C=O) groups is 1. The molecule has 7 N–H and O–H groups in total. The highest BCUT2D eigenvalue weighted by atomic mass is 16.3. The minimum absolute atomic E-state index is 0.0196. The summed E-state index contributed by atoms with van der Waals surface area (Å²) in [4.78, 5) is 9.71. The van der Waals surface area contributed by atoms with E-state index in [-0.39, 0.29) is 6.10 Å². The van der Waals surface area contributed by atoms with Crippen LogP contribution in [-0.4, -0.2) is 17.2 Å². The normalized spacial score (nSPS) is 25.7. The highest BCUT2D eigenvalue weighted by molar-refractivity contribution is 5.72. The number of aliphatic hydroxyl groups excluding tert-OH is 1. The van der Waals surface area contributed by atoms with Gasteiger partial charge in [0.25, 0.3) is 0 Å². The number of hydrazine groups is 2. The summed E-state index contributed by atoms with van der Waals surface area (Å²) in [6.07, 6.45) is 4.52. The summed E-state index contributed by atoms with van der Waals surface area (Å²) < 4.78 is 0. The summed E-state index contributed by atoms with van der Waals surface area (Å²) in [6, 6.07) is -0.602. The van der Waals surface area contributed by atoms with Gasteiger partial charge in [-0.2, -0.15) is 0 Å². The van der Waals surface area contributed by atoms with Crippen molar-refractivity contribution in [2.75, 3.05) is 0 Å². The molecule has 1 aliphatic rings. The van der Waals surface area contributed by atoms with Gasteiger partial charge < -0.3 is 5.11 Å². The summed E-state index contributed by atoms with van der Waals surface area (Å²) >= 11 is 0. The molecule has 0 aromatic heterocycles. The Bertz CT molecular complexity index is 141. The zero-order valence-corrected chi connectivity index (χ0v) is 8.49. The zero-order valence-electron chi connectivity index (χ0n) is 8.49. The molecule has 84 valence electrons. The molecule has 0 unspecified atom stereocenters. The smallest absolute Gasteiger partial charge is 0.343 e. The van der Waals surface area contributed by atoms with Crippen LogP contribution in [0.25, 0.3) is 0 Å². The predicted octanol–water partition coefficient (Wildman–Crippen LogP) is -0.410. The topological polar surface area (TPSA) is 113 Å². The summed E-state index contributed by atoms with van der Waals surface area (Å²) in [5.74, 6) is 9.94. The van der Waals surface area contributed by atoms with E-state index in [9.17, 15) is 4.79 Å². The fraction of sp³-hybridized carbons (Fsp3) is 0.875. The van der Waals surface area contributed by atoms with Crippen molar-refractivity contribution in [2.24, 2.45) is 17.6 Å². The Kier molecular flexibility index (Phi) is 7.09. The van der Waals surface area contributed by atoms with Crippen molar-refractivity contribution in [3.8, 4) is 0 Å². The molecule has 14 heavy (non-hydrogen) atoms. The number of hydrogen-bond acceptors (Lipinski definition) is 4. The molecular weight excluding hydrogens is 184 g/mol. The third-order valence-corrected chi connectivity index (χ3v) is 2.25. The first-order chi connectivity index (χ1) is 6.60. The summed E-state index contributed by atoms with van der Waals surface area (Å²) in [6.45, 7) is 2.26. The molecule has 6 nitrogen and oxygen atoms in total. The number of nitrogens with one attached hydrogen (secondary N) is 2. The zero-order chi connectivity index (χ0) is 11.0. The number of aliphatic hydroxyl groups is 1. The Hall–Kier alpha value is -0.850. The Labute approximate surface area is 84.0 Å². The predicted molar refractivity (Wildman–Crippen MR) is 53.7 cm³/mol. The molecule has 0 heterocycles. The van der Waals surface area contributed by atoms with Gasteiger partial charge in [-0.25, -0.2) is 16.5 Å². The summed E-state index contributed by atoms with van der Waals surface area (Å²) in [7, 11) is 0. The number of rotatable bonds is 0. The minimum atomic E-state index is -0.602. The largest absolute Gasteiger partial charge is 0.393 e. The van der Waals surface area contributed by atoms with Crippen LogP contribution in [0.4, 0.5) is 4.79 Å². The first kappa shape index (κ1) is 13.2. The highest BCUT2D eigenvalue weighted by Crippen LogP contribution is 2.22. The Morgan fingerprint density at radius 2 is 1.64 bits per heavy atom. The van der Waals surface area contributed by atoms with E-state index in [1.54, 1.807) is 10.9 Å². The quantitative estimate of drug-likeness (QED) is 0.210. The van der Waals surface area contributed by atoms with Crippen molar-refractivity contribution in [3.05, 3.63) is 0 Å². The molecule has 1 fully saturated rings. The van der Waals surface area contributed by atoms with Crippen molar-refractivity contribution in [2.45, 2.75) is 38.7 Å². The monoisotopic (exact) mass is 204 g/mol. The van der Waals surface area contributed by atoms with E-state index in [4.69, 9.17) is 5.11 Å². The van der Waals surface area contributed by atoms with E-state index in [2.05, 4.69) is 18.6 Å². The lowest BCUT2D eigenvalue weighted by Crippen LogP contribution is -2.43. The lowest BCUT2D eigenvalue weighted by atomic mass is 9.89. The van der Waals surface area contributed by atoms with Crippen molar-refractivity contribution < 1.29 is 9.90 Å². The fourth-order valence-electron chi connectivity index (χ4n) is 1.28. The number of urea groups is 1. The van der Waals surface area contributed by atoms with Crippen LogP contribution in [0.2, 0.25) is 0 Å². The van der Waals surface area contributed by atoms with Crippen molar-refractivity contribution in [1.82, 2.24) is 10.9 Å². The first-order valence-corrected chi connectivity index (χ1v) is 4.75. The maximum absolute atomic E-state index is 9.71. The molecule has 1 rings (SSSR count). The van der Waals surface area contributed by atoms with Crippen LogP contribution in [0.1, 0.15) is 32.6 Å². The van der Waals surface area contributed by atoms with E-state index >= 15 is 0 Å². The van der Waals surface area contributed by atoms with Gasteiger partial charge in [-0.15, -0.1) is 0 Å². The number of carbonyl (C=O) groups excluding carboxylic acids is 1. The third kappa shape index (κ3) is 6.64. The van der Waals surface area contributed by atoms with Crippen molar-refractivity contribution in [3.63, 3.8) is 0 Å². The van der Waals surface area contributed by atoms with E-state index in [0.717, 1.165) is 18.8 Å². The van der Waals surface area contributed by atoms with E-state index in [0.29, 0.717) is 0 Å². The molecule has 0 spiro atoms. The van der Waals surface area contributed by atoms with Gasteiger partial charge in [-0.05, 0) is 31.6 Å². The van der Waals surface area contributed by atoms with Crippen molar-refractivity contribution >= 4 is 6.03 Å². The van der Waals surface area contributed by atoms with E-state index in [1.807, 2.05) is 0 Å². The van der Waals surface area contributed by atoms with Gasteiger partial charge >= 0.3 is 6.03 Å². The Morgan fingerprint density at radius 3 is 1.86 bits per heavy atom. The fourth-order valence-corrected chi connectivity index (χ4v) is 1.28. The maximum atomic E-state index is 9.71. The minimum Gasteiger partial charge on any atom is -0.393 e. The van der Waals surface area contributed by atoms with Crippen LogP contribution in [0.15, 0.2) is 0 Å². The number of amides is 2. The van der Waals surface area contributed by atoms with Crippen molar-refractivity contribution in [1.29, 1.82) is 0 Å². The SMILES string of the molecule is CC1CCC(O)CC1.NNC(=O)NN. The first-order valence-electron chi connectivity index (χ1n) is 4.75. The summed E-state index contributed by atoms with van der Waals surface area (Å²) in [5, 5.41) is 9.03. The molecule has 0 radical (unpaired) electrons. The second kappa shape index (κ2) is 7.54. The van der Waals surface area contributed by atoms with Gasteiger partial charge in [0.2, 0.25) is 0 Å². The molecular formula is C8H20N4O2. The van der Waals surface area contributed by atoms with Crippen LogP contribution in [0, 0.1) is 5.92 Å².